The summed E-state index contributed by atoms with van der Waals surface area (Å²) in [6.07, 6.45) is 9.03. The number of H-pyrrole nitrogens is 1. The lowest BCUT2D eigenvalue weighted by Gasteiger charge is -2.28. The van der Waals surface area contributed by atoms with Crippen molar-refractivity contribution in [1.82, 2.24) is 25.1 Å². The second-order valence-electron chi connectivity index (χ2n) is 8.84. The van der Waals surface area contributed by atoms with Gasteiger partial charge >= 0.3 is 0 Å². The van der Waals surface area contributed by atoms with Gasteiger partial charge in [-0.05, 0) is 64.0 Å². The van der Waals surface area contributed by atoms with Gasteiger partial charge in [0.15, 0.2) is 0 Å². The lowest BCUT2D eigenvalue weighted by Crippen LogP contribution is -2.29. The zero-order valence-electron chi connectivity index (χ0n) is 17.9. The summed E-state index contributed by atoms with van der Waals surface area (Å²) in [5.74, 6) is 1.16. The molecule has 0 radical (unpaired) electrons. The molecular formula is C24H29ClN6. The minimum Gasteiger partial charge on any atom is -0.351 e. The maximum Gasteiger partial charge on any atom is 0.223 e. The lowest BCUT2D eigenvalue weighted by molar-refractivity contribution is 0.253. The number of benzene rings is 1. The Hall–Kier alpha value is -2.44. The molecule has 2 fully saturated rings. The first-order valence-corrected chi connectivity index (χ1v) is 11.7. The fourth-order valence-electron chi connectivity index (χ4n) is 4.84. The van der Waals surface area contributed by atoms with E-state index in [1.165, 1.54) is 31.4 Å². The van der Waals surface area contributed by atoms with Crippen LogP contribution in [0.2, 0.25) is 5.02 Å². The number of anilines is 1. The highest BCUT2D eigenvalue weighted by molar-refractivity contribution is 6.30. The van der Waals surface area contributed by atoms with Gasteiger partial charge in [-0.15, -0.1) is 0 Å². The predicted molar refractivity (Wildman–Crippen MR) is 125 cm³/mol. The minimum absolute atomic E-state index is 0.445. The van der Waals surface area contributed by atoms with Crippen LogP contribution in [-0.2, 0) is 0 Å². The third kappa shape index (κ3) is 4.46. The molecule has 6 nitrogen and oxygen atoms in total. The third-order valence-electron chi connectivity index (χ3n) is 6.64. The summed E-state index contributed by atoms with van der Waals surface area (Å²) >= 11 is 6.14. The predicted octanol–water partition coefficient (Wildman–Crippen LogP) is 5.35. The maximum atomic E-state index is 6.14. The number of rotatable bonds is 5. The van der Waals surface area contributed by atoms with Crippen molar-refractivity contribution in [2.24, 2.45) is 0 Å². The van der Waals surface area contributed by atoms with Crippen molar-refractivity contribution in [3.8, 4) is 22.5 Å². The molecular weight excluding hydrogens is 408 g/mol. The number of nitrogens with one attached hydrogen (secondary N) is 2. The van der Waals surface area contributed by atoms with Crippen LogP contribution in [0.25, 0.3) is 22.5 Å². The quantitative estimate of drug-likeness (QED) is 0.564. The van der Waals surface area contributed by atoms with Crippen molar-refractivity contribution in [1.29, 1.82) is 0 Å². The van der Waals surface area contributed by atoms with Crippen molar-refractivity contribution >= 4 is 17.5 Å². The van der Waals surface area contributed by atoms with Crippen LogP contribution in [-0.4, -0.2) is 51.2 Å². The van der Waals surface area contributed by atoms with Crippen LogP contribution in [0.4, 0.5) is 5.95 Å². The molecule has 0 atom stereocenters. The van der Waals surface area contributed by atoms with E-state index >= 15 is 0 Å². The molecule has 3 heterocycles. The van der Waals surface area contributed by atoms with Crippen molar-refractivity contribution in [3.63, 3.8) is 0 Å². The maximum absolute atomic E-state index is 6.14. The highest BCUT2D eigenvalue weighted by Crippen LogP contribution is 2.39. The molecule has 0 unspecified atom stereocenters. The van der Waals surface area contributed by atoms with E-state index in [4.69, 9.17) is 21.7 Å². The molecule has 2 N–H and O–H groups in total. The van der Waals surface area contributed by atoms with Crippen molar-refractivity contribution in [2.75, 3.05) is 25.5 Å². The fraction of sp³-hybridized carbons (Fsp3) is 0.458. The van der Waals surface area contributed by atoms with Crippen LogP contribution in [0, 0.1) is 0 Å². The van der Waals surface area contributed by atoms with E-state index in [2.05, 4.69) is 27.3 Å². The molecule has 1 aromatic carbocycles. The molecule has 2 aliphatic rings. The summed E-state index contributed by atoms with van der Waals surface area (Å²) in [4.78, 5) is 11.8. The van der Waals surface area contributed by atoms with E-state index < -0.39 is 0 Å². The van der Waals surface area contributed by atoms with Crippen LogP contribution in [0.15, 0.2) is 36.5 Å². The highest BCUT2D eigenvalue weighted by Gasteiger charge is 2.27. The van der Waals surface area contributed by atoms with Crippen molar-refractivity contribution in [2.45, 2.75) is 50.5 Å². The Bertz CT molecular complexity index is 1020. The summed E-state index contributed by atoms with van der Waals surface area (Å²) in [5.41, 5.74) is 5.16. The Kier molecular flexibility index (Phi) is 5.92. The molecule has 3 aromatic rings. The van der Waals surface area contributed by atoms with Crippen molar-refractivity contribution in [3.05, 3.63) is 47.2 Å². The van der Waals surface area contributed by atoms with Gasteiger partial charge in [-0.1, -0.05) is 36.6 Å². The zero-order valence-corrected chi connectivity index (χ0v) is 18.7. The average molecular weight is 437 g/mol. The Morgan fingerprint density at radius 1 is 1.03 bits per heavy atom. The fourth-order valence-corrected chi connectivity index (χ4v) is 4.97. The third-order valence-corrected chi connectivity index (χ3v) is 6.89. The molecule has 31 heavy (non-hydrogen) atoms. The van der Waals surface area contributed by atoms with Gasteiger partial charge in [0.05, 0.1) is 5.69 Å². The SMILES string of the molecule is CN1CCC(c2[nH]nc(-c3ccc(Cl)cc3)c2-c2ccnc(NC3CCCC3)n2)CC1. The van der Waals surface area contributed by atoms with Gasteiger partial charge < -0.3 is 10.2 Å². The standard InChI is InChI=1S/C24H29ClN6/c1-31-14-11-17(12-15-31)23-21(22(29-30-23)16-6-8-18(25)9-7-16)20-10-13-26-24(28-20)27-19-4-2-3-5-19/h6-10,13,17,19H,2-5,11-12,14-15H2,1H3,(H,29,30)(H,26,27,28). The smallest absolute Gasteiger partial charge is 0.223 e. The van der Waals surface area contributed by atoms with E-state index in [0.29, 0.717) is 17.9 Å². The van der Waals surface area contributed by atoms with Crippen LogP contribution in [0.3, 0.4) is 0 Å². The normalized spacial score (nSPS) is 18.5. The Morgan fingerprint density at radius 2 is 1.77 bits per heavy atom. The molecule has 0 spiro atoms. The summed E-state index contributed by atoms with van der Waals surface area (Å²) in [6, 6.07) is 10.4. The summed E-state index contributed by atoms with van der Waals surface area (Å²) in [7, 11) is 2.19. The Labute approximate surface area is 188 Å². The number of hydrogen-bond donors (Lipinski definition) is 2. The van der Waals surface area contributed by atoms with E-state index in [1.54, 1.807) is 0 Å². The van der Waals surface area contributed by atoms with Gasteiger partial charge in [-0.3, -0.25) is 5.10 Å². The van der Waals surface area contributed by atoms with E-state index in [-0.39, 0.29) is 0 Å². The number of hydrogen-bond acceptors (Lipinski definition) is 5. The summed E-state index contributed by atoms with van der Waals surface area (Å²) < 4.78 is 0. The van der Waals surface area contributed by atoms with Gasteiger partial charge in [-0.25, -0.2) is 9.97 Å². The number of nitrogens with zero attached hydrogens (tertiary/aromatic N) is 4. The number of likely N-dealkylation sites (tertiary alicyclic amines) is 1. The van der Waals surface area contributed by atoms with Crippen LogP contribution in [0.5, 0.6) is 0 Å². The molecule has 7 heteroatoms. The lowest BCUT2D eigenvalue weighted by atomic mass is 9.89. The number of piperidine rings is 1. The van der Waals surface area contributed by atoms with E-state index in [9.17, 15) is 0 Å². The molecule has 1 saturated carbocycles. The molecule has 0 amide bonds. The molecule has 1 aliphatic heterocycles. The molecule has 1 aliphatic carbocycles. The summed E-state index contributed by atoms with van der Waals surface area (Å²) in [6.45, 7) is 2.19. The minimum atomic E-state index is 0.445. The topological polar surface area (TPSA) is 69.7 Å². The zero-order chi connectivity index (χ0) is 21.2. The highest BCUT2D eigenvalue weighted by atomic mass is 35.5. The Balaban J connectivity index is 1.55. The number of aromatic amines is 1. The van der Waals surface area contributed by atoms with Crippen LogP contribution >= 0.6 is 11.6 Å². The molecule has 2 aromatic heterocycles. The number of aromatic nitrogens is 4. The van der Waals surface area contributed by atoms with E-state index in [0.717, 1.165) is 53.5 Å². The first kappa shape index (κ1) is 20.5. The van der Waals surface area contributed by atoms with Crippen molar-refractivity contribution < 1.29 is 0 Å². The molecule has 5 rings (SSSR count). The van der Waals surface area contributed by atoms with Crippen LogP contribution in [0.1, 0.15) is 50.1 Å². The Morgan fingerprint density at radius 3 is 2.52 bits per heavy atom. The first-order valence-electron chi connectivity index (χ1n) is 11.3. The summed E-state index contributed by atoms with van der Waals surface area (Å²) in [5, 5.41) is 12.4. The van der Waals surface area contributed by atoms with Gasteiger partial charge in [0.25, 0.3) is 0 Å². The van der Waals surface area contributed by atoms with Gasteiger partial charge in [0, 0.05) is 40.0 Å². The van der Waals surface area contributed by atoms with Crippen LogP contribution < -0.4 is 5.32 Å². The average Bonchev–Trinajstić information content (AvgIpc) is 3.45. The second kappa shape index (κ2) is 8.97. The molecule has 1 saturated heterocycles. The second-order valence-corrected chi connectivity index (χ2v) is 9.27. The van der Waals surface area contributed by atoms with E-state index in [1.807, 2.05) is 36.5 Å². The first-order chi connectivity index (χ1) is 15.2. The van der Waals surface area contributed by atoms with Gasteiger partial charge in [-0.2, -0.15) is 5.10 Å². The largest absolute Gasteiger partial charge is 0.351 e. The number of halogens is 1. The molecule has 162 valence electrons. The van der Waals surface area contributed by atoms with Gasteiger partial charge in [0.1, 0.15) is 5.69 Å². The van der Waals surface area contributed by atoms with Gasteiger partial charge in [0.2, 0.25) is 5.95 Å². The molecule has 0 bridgehead atoms. The monoisotopic (exact) mass is 436 g/mol.